The second-order valence-corrected chi connectivity index (χ2v) is 11.4. The number of benzene rings is 2. The van der Waals surface area contributed by atoms with E-state index in [9.17, 15) is 14.4 Å². The van der Waals surface area contributed by atoms with Crippen LogP contribution in [0.4, 0.5) is 5.69 Å². The summed E-state index contributed by atoms with van der Waals surface area (Å²) in [5, 5.41) is 3.66. The summed E-state index contributed by atoms with van der Waals surface area (Å²) in [6.07, 6.45) is 0.524. The van der Waals surface area contributed by atoms with Crippen molar-refractivity contribution in [1.29, 1.82) is 0 Å². The Kier molecular flexibility index (Phi) is 6.21. The average molecular weight is 575 g/mol. The van der Waals surface area contributed by atoms with Crippen LogP contribution in [0.3, 0.4) is 0 Å². The molecule has 0 bridgehead atoms. The molecule has 1 aliphatic rings. The van der Waals surface area contributed by atoms with E-state index < -0.39 is 16.9 Å². The first-order valence-electron chi connectivity index (χ1n) is 10.9. The summed E-state index contributed by atoms with van der Waals surface area (Å²) in [5.41, 5.74) is 0.341. The van der Waals surface area contributed by atoms with E-state index in [0.29, 0.717) is 39.6 Å². The molecule has 0 radical (unpaired) electrons. The van der Waals surface area contributed by atoms with Crippen molar-refractivity contribution in [3.05, 3.63) is 89.3 Å². The van der Waals surface area contributed by atoms with Crippen molar-refractivity contribution < 1.29 is 9.53 Å². The molecule has 0 fully saturated rings. The molecular weight excluding hydrogens is 554 g/mol. The number of halogens is 2. The van der Waals surface area contributed by atoms with Gasteiger partial charge in [-0.15, -0.1) is 11.3 Å². The number of nitrogens with one attached hydrogen (secondary N) is 1. The number of nitrogens with zero attached hydrogens (tertiary/aromatic N) is 2. The number of carbonyl (C=O) groups excluding carboxylic acids is 1. The maximum Gasteiger partial charge on any atom is 0.337 e. The molecule has 180 valence electrons. The van der Waals surface area contributed by atoms with Crippen molar-refractivity contribution in [2.45, 2.75) is 39.0 Å². The fourth-order valence-electron chi connectivity index (χ4n) is 4.22. The molecule has 3 heterocycles. The predicted molar refractivity (Wildman–Crippen MR) is 142 cm³/mol. The fraction of sp³-hybridized carbons (Fsp3) is 0.240. The minimum Gasteiger partial charge on any atom is -0.370 e. The summed E-state index contributed by atoms with van der Waals surface area (Å²) in [6, 6.07) is 13.7. The Bertz CT molecular complexity index is 1590. The second-order valence-electron chi connectivity index (χ2n) is 8.95. The van der Waals surface area contributed by atoms with Gasteiger partial charge < -0.3 is 10.1 Å². The molecule has 2 aromatic carbocycles. The minimum absolute atomic E-state index is 0.254. The Hall–Kier alpha value is -2.72. The number of fused-ring (bicyclic) bond motifs is 3. The maximum atomic E-state index is 13.7. The SMILES string of the molecule is CC1(C)Cc2c(sc3c2c(=O)n(-c2cccc(Cl)c2)c(=O)n3CC(=O)Nc2ccc(Br)cc2)CO1. The van der Waals surface area contributed by atoms with E-state index in [1.54, 1.807) is 36.4 Å². The van der Waals surface area contributed by atoms with Gasteiger partial charge in [-0.3, -0.25) is 14.2 Å². The summed E-state index contributed by atoms with van der Waals surface area (Å²) < 4.78 is 9.29. The smallest absolute Gasteiger partial charge is 0.337 e. The Balaban J connectivity index is 1.69. The highest BCUT2D eigenvalue weighted by molar-refractivity contribution is 9.10. The van der Waals surface area contributed by atoms with Gasteiger partial charge in [-0.25, -0.2) is 9.36 Å². The van der Waals surface area contributed by atoms with Crippen molar-refractivity contribution >= 4 is 60.7 Å². The number of amides is 1. The summed E-state index contributed by atoms with van der Waals surface area (Å²) in [7, 11) is 0. The third-order valence-corrected chi connectivity index (χ3v) is 7.84. The molecule has 4 aromatic rings. The third-order valence-electron chi connectivity index (χ3n) is 5.85. The fourth-order valence-corrected chi connectivity index (χ4v) is 5.88. The number of thiophene rings is 1. The first-order chi connectivity index (χ1) is 16.6. The number of anilines is 1. The summed E-state index contributed by atoms with van der Waals surface area (Å²) in [6.45, 7) is 4.03. The summed E-state index contributed by atoms with van der Waals surface area (Å²) in [5.74, 6) is -0.380. The van der Waals surface area contributed by atoms with E-state index in [0.717, 1.165) is 19.5 Å². The molecule has 0 atom stereocenters. The van der Waals surface area contributed by atoms with Crippen molar-refractivity contribution in [3.8, 4) is 5.69 Å². The lowest BCUT2D eigenvalue weighted by molar-refractivity contribution is -0.116. The monoisotopic (exact) mass is 573 g/mol. The molecule has 7 nitrogen and oxygen atoms in total. The highest BCUT2D eigenvalue weighted by atomic mass is 79.9. The van der Waals surface area contributed by atoms with E-state index in [4.69, 9.17) is 16.3 Å². The van der Waals surface area contributed by atoms with Gasteiger partial charge in [0.15, 0.2) is 0 Å². The Morgan fingerprint density at radius 1 is 1.20 bits per heavy atom. The number of aromatic nitrogens is 2. The Labute approximate surface area is 218 Å². The van der Waals surface area contributed by atoms with Crippen molar-refractivity contribution in [2.24, 2.45) is 0 Å². The zero-order chi connectivity index (χ0) is 24.9. The van der Waals surface area contributed by atoms with Crippen LogP contribution >= 0.6 is 38.9 Å². The third kappa shape index (κ3) is 4.61. The molecule has 0 spiro atoms. The number of hydrogen-bond donors (Lipinski definition) is 1. The lowest BCUT2D eigenvalue weighted by Gasteiger charge is -2.29. The summed E-state index contributed by atoms with van der Waals surface area (Å²) in [4.78, 5) is 41.7. The molecule has 10 heteroatoms. The van der Waals surface area contributed by atoms with Crippen LogP contribution in [0.15, 0.2) is 62.6 Å². The lowest BCUT2D eigenvalue weighted by Crippen LogP contribution is -2.41. The van der Waals surface area contributed by atoms with Crippen LogP contribution < -0.4 is 16.6 Å². The van der Waals surface area contributed by atoms with Gasteiger partial charge in [0.05, 0.1) is 23.3 Å². The van der Waals surface area contributed by atoms with E-state index in [1.165, 1.54) is 15.9 Å². The van der Waals surface area contributed by atoms with E-state index in [1.807, 2.05) is 26.0 Å². The van der Waals surface area contributed by atoms with Gasteiger partial charge in [0.1, 0.15) is 11.4 Å². The van der Waals surface area contributed by atoms with Crippen LogP contribution in [0.2, 0.25) is 5.02 Å². The van der Waals surface area contributed by atoms with Crippen LogP contribution in [0.25, 0.3) is 15.9 Å². The van der Waals surface area contributed by atoms with E-state index >= 15 is 0 Å². The van der Waals surface area contributed by atoms with E-state index in [-0.39, 0.29) is 12.5 Å². The van der Waals surface area contributed by atoms with Gasteiger partial charge in [0, 0.05) is 26.5 Å². The van der Waals surface area contributed by atoms with Crippen LogP contribution in [0, 0.1) is 0 Å². The Morgan fingerprint density at radius 2 is 1.94 bits per heavy atom. The molecule has 1 N–H and O–H groups in total. The maximum absolute atomic E-state index is 13.7. The normalized spacial score (nSPS) is 14.6. The lowest BCUT2D eigenvalue weighted by atomic mass is 9.94. The average Bonchev–Trinajstić information content (AvgIpc) is 3.16. The molecule has 1 amide bonds. The zero-order valence-corrected chi connectivity index (χ0v) is 22.1. The molecule has 0 saturated carbocycles. The van der Waals surface area contributed by atoms with Crippen LogP contribution in [0.1, 0.15) is 24.3 Å². The molecule has 0 saturated heterocycles. The number of carbonyl (C=O) groups is 1. The highest BCUT2D eigenvalue weighted by Crippen LogP contribution is 2.37. The number of hydrogen-bond acceptors (Lipinski definition) is 5. The number of rotatable bonds is 4. The molecule has 0 aliphatic carbocycles. The topological polar surface area (TPSA) is 82.3 Å². The Morgan fingerprint density at radius 3 is 2.66 bits per heavy atom. The largest absolute Gasteiger partial charge is 0.370 e. The van der Waals surface area contributed by atoms with Gasteiger partial charge in [0.2, 0.25) is 5.91 Å². The first kappa shape index (κ1) is 24.0. The standard InChI is InChI=1S/C25H21BrClN3O4S/c1-25(2)11-18-19(13-34-25)35-23-21(18)22(32)30(17-5-3-4-15(27)10-17)24(33)29(23)12-20(31)28-16-8-6-14(26)7-9-16/h3-10H,11-13H2,1-2H3,(H,28,31). The summed E-state index contributed by atoms with van der Waals surface area (Å²) >= 11 is 10.9. The van der Waals surface area contributed by atoms with Gasteiger partial charge in [-0.1, -0.05) is 33.6 Å². The van der Waals surface area contributed by atoms with Gasteiger partial charge in [-0.2, -0.15) is 0 Å². The van der Waals surface area contributed by atoms with Crippen molar-refractivity contribution in [2.75, 3.05) is 5.32 Å². The zero-order valence-electron chi connectivity index (χ0n) is 18.9. The van der Waals surface area contributed by atoms with Crippen LogP contribution in [-0.2, 0) is 29.1 Å². The van der Waals surface area contributed by atoms with Crippen LogP contribution in [0.5, 0.6) is 0 Å². The molecular formula is C25H21BrClN3O4S. The van der Waals surface area contributed by atoms with Crippen LogP contribution in [-0.4, -0.2) is 20.6 Å². The van der Waals surface area contributed by atoms with Gasteiger partial charge >= 0.3 is 5.69 Å². The molecule has 1 aliphatic heterocycles. The van der Waals surface area contributed by atoms with Crippen molar-refractivity contribution in [1.82, 2.24) is 9.13 Å². The van der Waals surface area contributed by atoms with E-state index in [2.05, 4.69) is 21.2 Å². The highest BCUT2D eigenvalue weighted by Gasteiger charge is 2.32. The molecule has 2 aromatic heterocycles. The van der Waals surface area contributed by atoms with Crippen molar-refractivity contribution in [3.63, 3.8) is 0 Å². The minimum atomic E-state index is -0.602. The number of ether oxygens (including phenoxy) is 1. The molecule has 35 heavy (non-hydrogen) atoms. The second kappa shape index (κ2) is 9.05. The quantitative estimate of drug-likeness (QED) is 0.367. The van der Waals surface area contributed by atoms with Gasteiger partial charge in [-0.05, 0) is 61.9 Å². The molecule has 0 unspecified atom stereocenters. The predicted octanol–water partition coefficient (Wildman–Crippen LogP) is 5.12. The van der Waals surface area contributed by atoms with Gasteiger partial charge in [0.25, 0.3) is 5.56 Å². The first-order valence-corrected chi connectivity index (χ1v) is 12.9. The molecule has 5 rings (SSSR count).